The van der Waals surface area contributed by atoms with Gasteiger partial charge in [-0.25, -0.2) is 4.98 Å². The van der Waals surface area contributed by atoms with Crippen molar-refractivity contribution in [1.82, 2.24) is 14.9 Å². The Hall–Kier alpha value is -3.33. The standard InChI is InChI=1S/C24H24F3N3O3/c1-13(2)8-18(23(31)32)29-22(24(25,26)27)15-4-6-16-17-9-14(19-11-30(3)12-28-19)5-7-20(17)33-21(16)10-15/h4-7,9-13,18,22,29H,8H2,1-3H3,(H,31,32)/t18-,22-/m0/s1. The number of alkyl halides is 3. The van der Waals surface area contributed by atoms with Crippen LogP contribution in [0.5, 0.6) is 0 Å². The molecule has 0 spiro atoms. The fourth-order valence-corrected chi connectivity index (χ4v) is 3.99. The summed E-state index contributed by atoms with van der Waals surface area (Å²) in [5.41, 5.74) is 2.38. The summed E-state index contributed by atoms with van der Waals surface area (Å²) in [4.78, 5) is 15.9. The molecule has 0 saturated carbocycles. The molecule has 0 amide bonds. The van der Waals surface area contributed by atoms with Crippen LogP contribution in [0.4, 0.5) is 13.2 Å². The predicted molar refractivity (Wildman–Crippen MR) is 119 cm³/mol. The van der Waals surface area contributed by atoms with Gasteiger partial charge >= 0.3 is 12.1 Å². The molecule has 2 heterocycles. The molecular weight excluding hydrogens is 435 g/mol. The number of carboxylic acids is 1. The van der Waals surface area contributed by atoms with Gasteiger partial charge in [0.15, 0.2) is 0 Å². The Labute approximate surface area is 188 Å². The number of aryl methyl sites for hydroxylation is 1. The third-order valence-electron chi connectivity index (χ3n) is 5.53. The number of nitrogens with zero attached hydrogens (tertiary/aromatic N) is 2. The van der Waals surface area contributed by atoms with Gasteiger partial charge in [-0.05, 0) is 42.2 Å². The molecule has 33 heavy (non-hydrogen) atoms. The van der Waals surface area contributed by atoms with E-state index in [0.717, 1.165) is 16.6 Å². The number of rotatable bonds is 7. The quantitative estimate of drug-likeness (QED) is 0.372. The molecule has 2 aromatic heterocycles. The van der Waals surface area contributed by atoms with Crippen LogP contribution in [0.3, 0.4) is 0 Å². The Morgan fingerprint density at radius 1 is 1.15 bits per heavy atom. The van der Waals surface area contributed by atoms with Gasteiger partial charge in [0.05, 0.1) is 12.0 Å². The largest absolute Gasteiger partial charge is 0.480 e. The van der Waals surface area contributed by atoms with Gasteiger partial charge in [-0.1, -0.05) is 26.0 Å². The highest BCUT2D eigenvalue weighted by atomic mass is 19.4. The fourth-order valence-electron chi connectivity index (χ4n) is 3.99. The summed E-state index contributed by atoms with van der Waals surface area (Å²) < 4.78 is 49.4. The molecule has 0 fully saturated rings. The van der Waals surface area contributed by atoms with Crippen LogP contribution in [-0.2, 0) is 11.8 Å². The van der Waals surface area contributed by atoms with Crippen LogP contribution >= 0.6 is 0 Å². The van der Waals surface area contributed by atoms with Gasteiger partial charge < -0.3 is 14.1 Å². The number of carboxylic acid groups (broad SMARTS) is 1. The summed E-state index contributed by atoms with van der Waals surface area (Å²) in [6.07, 6.45) is -1.05. The Bertz CT molecular complexity index is 1310. The first-order chi connectivity index (χ1) is 15.5. The summed E-state index contributed by atoms with van der Waals surface area (Å²) in [6.45, 7) is 3.53. The summed E-state index contributed by atoms with van der Waals surface area (Å²) in [6, 6.07) is 6.31. The maximum atomic E-state index is 13.9. The second-order valence-electron chi connectivity index (χ2n) is 8.65. The second kappa shape index (κ2) is 8.55. The first kappa shape index (κ1) is 22.8. The molecule has 2 atom stereocenters. The molecule has 0 aliphatic rings. The monoisotopic (exact) mass is 459 g/mol. The fraction of sp³-hybridized carbons (Fsp3) is 0.333. The Morgan fingerprint density at radius 3 is 2.52 bits per heavy atom. The van der Waals surface area contributed by atoms with Crippen LogP contribution in [-0.4, -0.2) is 32.8 Å². The highest BCUT2D eigenvalue weighted by molar-refractivity contribution is 6.06. The van der Waals surface area contributed by atoms with E-state index in [9.17, 15) is 23.1 Å². The lowest BCUT2D eigenvalue weighted by atomic mass is 9.99. The molecule has 0 aliphatic carbocycles. The lowest BCUT2D eigenvalue weighted by Crippen LogP contribution is -2.45. The predicted octanol–water partition coefficient (Wildman–Crippen LogP) is 5.68. The van der Waals surface area contributed by atoms with Gasteiger partial charge in [-0.3, -0.25) is 10.1 Å². The van der Waals surface area contributed by atoms with Crippen molar-refractivity contribution in [2.24, 2.45) is 13.0 Å². The molecular formula is C24H24F3N3O3. The van der Waals surface area contributed by atoms with Gasteiger partial charge in [0.1, 0.15) is 23.2 Å². The zero-order valence-electron chi connectivity index (χ0n) is 18.3. The van der Waals surface area contributed by atoms with Crippen LogP contribution in [0.25, 0.3) is 33.2 Å². The van der Waals surface area contributed by atoms with E-state index < -0.39 is 24.2 Å². The molecule has 2 aromatic carbocycles. The number of hydrogen-bond donors (Lipinski definition) is 2. The number of aliphatic carboxylic acids is 1. The normalized spacial score (nSPS) is 14.3. The molecule has 0 saturated heterocycles. The van der Waals surface area contributed by atoms with Crippen molar-refractivity contribution < 1.29 is 27.5 Å². The second-order valence-corrected chi connectivity index (χ2v) is 8.65. The Morgan fingerprint density at radius 2 is 1.91 bits per heavy atom. The molecule has 4 aromatic rings. The smallest absolute Gasteiger partial charge is 0.407 e. The summed E-state index contributed by atoms with van der Waals surface area (Å²) in [5.74, 6) is -1.40. The first-order valence-corrected chi connectivity index (χ1v) is 10.5. The molecule has 174 valence electrons. The first-order valence-electron chi connectivity index (χ1n) is 10.5. The molecule has 0 unspecified atom stereocenters. The van der Waals surface area contributed by atoms with Crippen molar-refractivity contribution in [3.8, 4) is 11.3 Å². The zero-order valence-corrected chi connectivity index (χ0v) is 18.3. The van der Waals surface area contributed by atoms with E-state index in [-0.39, 0.29) is 17.9 Å². The Kier molecular flexibility index (Phi) is 5.92. The molecule has 0 bridgehead atoms. The van der Waals surface area contributed by atoms with Crippen molar-refractivity contribution in [3.05, 3.63) is 54.5 Å². The maximum absolute atomic E-state index is 13.9. The van der Waals surface area contributed by atoms with E-state index in [4.69, 9.17) is 4.42 Å². The number of fused-ring (bicyclic) bond motifs is 3. The topological polar surface area (TPSA) is 80.3 Å². The van der Waals surface area contributed by atoms with E-state index in [0.29, 0.717) is 16.6 Å². The third kappa shape index (κ3) is 4.73. The summed E-state index contributed by atoms with van der Waals surface area (Å²) >= 11 is 0. The minimum absolute atomic E-state index is 0.0745. The van der Waals surface area contributed by atoms with E-state index in [1.807, 2.05) is 29.9 Å². The lowest BCUT2D eigenvalue weighted by molar-refractivity contribution is -0.163. The summed E-state index contributed by atoms with van der Waals surface area (Å²) in [7, 11) is 1.87. The number of halogens is 3. The van der Waals surface area contributed by atoms with Crippen LogP contribution in [0.2, 0.25) is 0 Å². The number of nitrogens with one attached hydrogen (secondary N) is 1. The number of hydrogen-bond acceptors (Lipinski definition) is 4. The Balaban J connectivity index is 1.74. The van der Waals surface area contributed by atoms with E-state index in [1.54, 1.807) is 32.3 Å². The highest BCUT2D eigenvalue weighted by Gasteiger charge is 2.43. The van der Waals surface area contributed by atoms with E-state index in [2.05, 4.69) is 10.3 Å². The zero-order chi connectivity index (χ0) is 23.9. The maximum Gasteiger partial charge on any atom is 0.407 e. The average molecular weight is 459 g/mol. The van der Waals surface area contributed by atoms with Gasteiger partial charge in [0.2, 0.25) is 0 Å². The number of benzene rings is 2. The molecule has 0 radical (unpaired) electrons. The van der Waals surface area contributed by atoms with E-state index in [1.165, 1.54) is 12.1 Å². The van der Waals surface area contributed by atoms with Crippen LogP contribution in [0.15, 0.2) is 53.3 Å². The van der Waals surface area contributed by atoms with Gasteiger partial charge in [0, 0.05) is 29.6 Å². The molecule has 4 rings (SSSR count). The van der Waals surface area contributed by atoms with E-state index >= 15 is 0 Å². The number of aromatic nitrogens is 2. The molecule has 0 aliphatic heterocycles. The van der Waals surface area contributed by atoms with Crippen molar-refractivity contribution in [1.29, 1.82) is 0 Å². The van der Waals surface area contributed by atoms with Crippen LogP contribution in [0.1, 0.15) is 31.9 Å². The third-order valence-corrected chi connectivity index (χ3v) is 5.53. The number of imidazole rings is 1. The van der Waals surface area contributed by atoms with Crippen molar-refractivity contribution >= 4 is 27.9 Å². The van der Waals surface area contributed by atoms with Gasteiger partial charge in [-0.2, -0.15) is 13.2 Å². The summed E-state index contributed by atoms with van der Waals surface area (Å²) in [5, 5.41) is 13.1. The van der Waals surface area contributed by atoms with Gasteiger partial charge in [0.25, 0.3) is 0 Å². The van der Waals surface area contributed by atoms with Gasteiger partial charge in [-0.15, -0.1) is 0 Å². The molecule has 9 heteroatoms. The van der Waals surface area contributed by atoms with Crippen LogP contribution in [0, 0.1) is 5.92 Å². The van der Waals surface area contributed by atoms with Crippen molar-refractivity contribution in [2.45, 2.75) is 38.5 Å². The minimum atomic E-state index is -4.68. The highest BCUT2D eigenvalue weighted by Crippen LogP contribution is 2.38. The van der Waals surface area contributed by atoms with Crippen LogP contribution < -0.4 is 5.32 Å². The van der Waals surface area contributed by atoms with Crippen molar-refractivity contribution in [2.75, 3.05) is 0 Å². The number of furan rings is 1. The lowest BCUT2D eigenvalue weighted by Gasteiger charge is -2.26. The SMILES string of the molecule is CC(C)C[C@H](N[C@@H](c1ccc2c(c1)oc1ccc(-c3cn(C)cn3)cc12)C(F)(F)F)C(=O)O. The van der Waals surface area contributed by atoms with Crippen molar-refractivity contribution in [3.63, 3.8) is 0 Å². The minimum Gasteiger partial charge on any atom is -0.480 e. The molecule has 2 N–H and O–H groups in total. The number of carbonyl (C=O) groups is 1. The average Bonchev–Trinajstić information content (AvgIpc) is 3.31. The molecule has 6 nitrogen and oxygen atoms in total.